The van der Waals surface area contributed by atoms with E-state index in [1.807, 2.05) is 12.1 Å². The van der Waals surface area contributed by atoms with E-state index in [2.05, 4.69) is 27.2 Å². The molecule has 2 rings (SSSR count). The van der Waals surface area contributed by atoms with Crippen molar-refractivity contribution in [2.24, 2.45) is 5.84 Å². The van der Waals surface area contributed by atoms with Crippen molar-refractivity contribution in [3.8, 4) is 0 Å². The number of nitrogens with one attached hydrogen (secondary N) is 1. The summed E-state index contributed by atoms with van der Waals surface area (Å²) in [6, 6.07) is 7.58. The average molecular weight is 292 g/mol. The van der Waals surface area contributed by atoms with Gasteiger partial charge in [0.2, 0.25) is 0 Å². The average Bonchev–Trinajstić information content (AvgIpc) is 2.49. The Kier molecular flexibility index (Phi) is 5.29. The zero-order valence-corrected chi connectivity index (χ0v) is 12.1. The second kappa shape index (κ2) is 7.19. The van der Waals surface area contributed by atoms with Crippen molar-refractivity contribution in [2.75, 3.05) is 12.0 Å². The Bertz CT molecular complexity index is 547. The SMILES string of the molecule is CCN(Cc1ccncc1)Cc1nc(NN)ccc1Cl. The lowest BCUT2D eigenvalue weighted by atomic mass is 10.2. The number of hydrazine groups is 1. The van der Waals surface area contributed by atoms with Gasteiger partial charge in [-0.1, -0.05) is 18.5 Å². The van der Waals surface area contributed by atoms with Gasteiger partial charge in [-0.05, 0) is 36.4 Å². The van der Waals surface area contributed by atoms with Gasteiger partial charge in [0, 0.05) is 25.5 Å². The van der Waals surface area contributed by atoms with Crippen molar-refractivity contribution < 1.29 is 0 Å². The normalized spacial score (nSPS) is 10.8. The molecule has 0 fully saturated rings. The minimum Gasteiger partial charge on any atom is -0.308 e. The summed E-state index contributed by atoms with van der Waals surface area (Å²) in [5.74, 6) is 5.99. The lowest BCUT2D eigenvalue weighted by Crippen LogP contribution is -2.23. The van der Waals surface area contributed by atoms with Gasteiger partial charge in [-0.2, -0.15) is 0 Å². The molecule has 0 unspecified atom stereocenters. The van der Waals surface area contributed by atoms with E-state index in [4.69, 9.17) is 17.4 Å². The van der Waals surface area contributed by atoms with Crippen LogP contribution in [0.3, 0.4) is 0 Å². The molecule has 0 aliphatic carbocycles. The van der Waals surface area contributed by atoms with Gasteiger partial charge in [0.1, 0.15) is 5.82 Å². The largest absolute Gasteiger partial charge is 0.308 e. The molecule has 2 aromatic rings. The van der Waals surface area contributed by atoms with Gasteiger partial charge in [0.25, 0.3) is 0 Å². The molecule has 3 N–H and O–H groups in total. The van der Waals surface area contributed by atoms with Crippen LogP contribution in [0.1, 0.15) is 18.2 Å². The number of nitrogens with zero attached hydrogens (tertiary/aromatic N) is 3. The molecular formula is C14H18ClN5. The smallest absolute Gasteiger partial charge is 0.140 e. The van der Waals surface area contributed by atoms with Crippen LogP contribution in [0.5, 0.6) is 0 Å². The summed E-state index contributed by atoms with van der Waals surface area (Å²) in [6.07, 6.45) is 3.60. The Hall–Kier alpha value is -1.69. The first-order valence-electron chi connectivity index (χ1n) is 6.46. The second-order valence-electron chi connectivity index (χ2n) is 4.43. The quantitative estimate of drug-likeness (QED) is 0.632. The fourth-order valence-corrected chi connectivity index (χ4v) is 2.08. The first-order valence-corrected chi connectivity index (χ1v) is 6.84. The van der Waals surface area contributed by atoms with Crippen LogP contribution >= 0.6 is 11.6 Å². The number of halogens is 1. The van der Waals surface area contributed by atoms with Crippen molar-refractivity contribution in [2.45, 2.75) is 20.0 Å². The highest BCUT2D eigenvalue weighted by molar-refractivity contribution is 6.31. The highest BCUT2D eigenvalue weighted by Crippen LogP contribution is 2.18. The first kappa shape index (κ1) is 14.7. The van der Waals surface area contributed by atoms with Gasteiger partial charge in [-0.3, -0.25) is 9.88 Å². The minimum absolute atomic E-state index is 0.615. The predicted molar refractivity (Wildman–Crippen MR) is 81.1 cm³/mol. The zero-order valence-electron chi connectivity index (χ0n) is 11.4. The Balaban J connectivity index is 2.10. The predicted octanol–water partition coefficient (Wildman–Crippen LogP) is 2.44. The Morgan fingerprint density at radius 1 is 1.20 bits per heavy atom. The molecule has 6 heteroatoms. The number of pyridine rings is 2. The molecule has 0 aromatic carbocycles. The number of rotatable bonds is 6. The zero-order chi connectivity index (χ0) is 14.4. The maximum absolute atomic E-state index is 6.19. The molecule has 5 nitrogen and oxygen atoms in total. The van der Waals surface area contributed by atoms with Gasteiger partial charge in [-0.15, -0.1) is 0 Å². The molecule has 2 heterocycles. The fraction of sp³-hybridized carbons (Fsp3) is 0.286. The van der Waals surface area contributed by atoms with Gasteiger partial charge in [0.15, 0.2) is 0 Å². The van der Waals surface area contributed by atoms with Gasteiger partial charge >= 0.3 is 0 Å². The summed E-state index contributed by atoms with van der Waals surface area (Å²) in [5, 5.41) is 0.650. The van der Waals surface area contributed by atoms with Crippen LogP contribution in [-0.2, 0) is 13.1 Å². The third-order valence-electron chi connectivity index (χ3n) is 3.04. The van der Waals surface area contributed by atoms with Crippen LogP contribution in [0, 0.1) is 0 Å². The summed E-state index contributed by atoms with van der Waals surface area (Å²) in [6.45, 7) is 4.52. The van der Waals surface area contributed by atoms with Crippen molar-refractivity contribution >= 4 is 17.4 Å². The molecule has 0 saturated heterocycles. The summed E-state index contributed by atoms with van der Waals surface area (Å²) in [4.78, 5) is 10.7. The topological polar surface area (TPSA) is 67.1 Å². The highest BCUT2D eigenvalue weighted by atomic mass is 35.5. The highest BCUT2D eigenvalue weighted by Gasteiger charge is 2.10. The number of anilines is 1. The lowest BCUT2D eigenvalue weighted by molar-refractivity contribution is 0.268. The van der Waals surface area contributed by atoms with E-state index in [1.54, 1.807) is 24.5 Å². The van der Waals surface area contributed by atoms with Gasteiger partial charge in [0.05, 0.1) is 10.7 Å². The number of nitrogen functional groups attached to an aromatic ring is 1. The van der Waals surface area contributed by atoms with Crippen LogP contribution in [-0.4, -0.2) is 21.4 Å². The third kappa shape index (κ3) is 3.90. The molecule has 20 heavy (non-hydrogen) atoms. The van der Waals surface area contributed by atoms with Gasteiger partial charge < -0.3 is 5.43 Å². The number of hydrogen-bond acceptors (Lipinski definition) is 5. The van der Waals surface area contributed by atoms with Crippen molar-refractivity contribution in [1.29, 1.82) is 0 Å². The molecule has 0 amide bonds. The van der Waals surface area contributed by atoms with Crippen molar-refractivity contribution in [1.82, 2.24) is 14.9 Å². The standard InChI is InChI=1S/C14H18ClN5/c1-2-20(9-11-5-7-17-8-6-11)10-13-12(15)3-4-14(18-13)19-16/h3-8H,2,9-10,16H2,1H3,(H,18,19). The van der Waals surface area contributed by atoms with Crippen LogP contribution in [0.25, 0.3) is 0 Å². The van der Waals surface area contributed by atoms with Crippen LogP contribution in [0.15, 0.2) is 36.7 Å². The molecular weight excluding hydrogens is 274 g/mol. The number of hydrogen-bond donors (Lipinski definition) is 2. The second-order valence-corrected chi connectivity index (χ2v) is 4.84. The molecule has 0 aliphatic rings. The van der Waals surface area contributed by atoms with Crippen LogP contribution in [0.4, 0.5) is 5.82 Å². The van der Waals surface area contributed by atoms with Gasteiger partial charge in [-0.25, -0.2) is 10.8 Å². The molecule has 0 saturated carbocycles. The third-order valence-corrected chi connectivity index (χ3v) is 3.39. The van der Waals surface area contributed by atoms with E-state index < -0.39 is 0 Å². The number of nitrogens with two attached hydrogens (primary N) is 1. The summed E-state index contributed by atoms with van der Waals surface area (Å²) < 4.78 is 0. The Morgan fingerprint density at radius 2 is 1.95 bits per heavy atom. The van der Waals surface area contributed by atoms with E-state index >= 15 is 0 Å². The molecule has 0 radical (unpaired) electrons. The fourth-order valence-electron chi connectivity index (χ4n) is 1.91. The van der Waals surface area contributed by atoms with E-state index in [1.165, 1.54) is 5.56 Å². The summed E-state index contributed by atoms with van der Waals surface area (Å²) in [5.41, 5.74) is 4.57. The Labute approximate surface area is 123 Å². The van der Waals surface area contributed by atoms with Crippen molar-refractivity contribution in [3.63, 3.8) is 0 Å². The first-order chi connectivity index (χ1) is 9.72. The van der Waals surface area contributed by atoms with Crippen LogP contribution < -0.4 is 11.3 Å². The molecule has 106 valence electrons. The molecule has 2 aromatic heterocycles. The van der Waals surface area contributed by atoms with Crippen LogP contribution in [0.2, 0.25) is 5.02 Å². The monoisotopic (exact) mass is 291 g/mol. The molecule has 0 bridgehead atoms. The van der Waals surface area contributed by atoms with E-state index in [9.17, 15) is 0 Å². The maximum atomic E-state index is 6.19. The Morgan fingerprint density at radius 3 is 2.60 bits per heavy atom. The van der Waals surface area contributed by atoms with E-state index in [0.29, 0.717) is 17.4 Å². The van der Waals surface area contributed by atoms with E-state index in [0.717, 1.165) is 18.8 Å². The minimum atomic E-state index is 0.615. The molecule has 0 atom stereocenters. The summed E-state index contributed by atoms with van der Waals surface area (Å²) in [7, 11) is 0. The van der Waals surface area contributed by atoms with Crippen molar-refractivity contribution in [3.05, 3.63) is 52.9 Å². The van der Waals surface area contributed by atoms with E-state index in [-0.39, 0.29) is 0 Å². The molecule has 0 spiro atoms. The maximum Gasteiger partial charge on any atom is 0.140 e. The summed E-state index contributed by atoms with van der Waals surface area (Å²) >= 11 is 6.19. The molecule has 0 aliphatic heterocycles. The number of aromatic nitrogens is 2. The lowest BCUT2D eigenvalue weighted by Gasteiger charge is -2.20.